The molecule has 1 aromatic carbocycles. The third-order valence-electron chi connectivity index (χ3n) is 4.90. The third-order valence-corrected chi connectivity index (χ3v) is 6.09. The van der Waals surface area contributed by atoms with Crippen molar-refractivity contribution in [2.45, 2.75) is 34.1 Å². The number of amides is 1. The van der Waals surface area contributed by atoms with E-state index in [2.05, 4.69) is 11.4 Å². The number of aromatic nitrogens is 1. The summed E-state index contributed by atoms with van der Waals surface area (Å²) < 4.78 is 7.37. The van der Waals surface area contributed by atoms with Crippen LogP contribution in [0.15, 0.2) is 36.4 Å². The second kappa shape index (κ2) is 8.97. The van der Waals surface area contributed by atoms with Crippen molar-refractivity contribution in [2.24, 2.45) is 0 Å². The molecule has 0 bridgehead atoms. The number of esters is 1. The van der Waals surface area contributed by atoms with Crippen LogP contribution < -0.4 is 5.32 Å². The summed E-state index contributed by atoms with van der Waals surface area (Å²) in [5.41, 5.74) is 4.86. The molecular formula is C23H23N3O3S. The van der Waals surface area contributed by atoms with Crippen molar-refractivity contribution in [2.75, 3.05) is 11.9 Å². The molecule has 3 rings (SSSR count). The quantitative estimate of drug-likeness (QED) is 0.588. The molecule has 0 aliphatic carbocycles. The van der Waals surface area contributed by atoms with E-state index in [0.717, 1.165) is 32.4 Å². The van der Waals surface area contributed by atoms with Gasteiger partial charge in [0.05, 0.1) is 18.1 Å². The Bertz CT molecular complexity index is 1110. The average molecular weight is 422 g/mol. The van der Waals surface area contributed by atoms with E-state index in [1.165, 1.54) is 11.3 Å². The molecule has 0 saturated carbocycles. The molecule has 0 fully saturated rings. The Kier molecular flexibility index (Phi) is 6.38. The number of thiophene rings is 1. The zero-order valence-electron chi connectivity index (χ0n) is 17.4. The van der Waals surface area contributed by atoms with E-state index < -0.39 is 11.9 Å². The van der Waals surface area contributed by atoms with Gasteiger partial charge < -0.3 is 14.6 Å². The predicted octanol–water partition coefficient (Wildman–Crippen LogP) is 4.63. The number of hydrogen-bond donors (Lipinski definition) is 1. The number of aryl methyl sites for hydroxylation is 3. The van der Waals surface area contributed by atoms with Gasteiger partial charge in [-0.25, -0.2) is 4.79 Å². The van der Waals surface area contributed by atoms with Gasteiger partial charge in [-0.05, 0) is 63.1 Å². The number of benzene rings is 1. The summed E-state index contributed by atoms with van der Waals surface area (Å²) in [7, 11) is 0. The van der Waals surface area contributed by atoms with Gasteiger partial charge in [0.15, 0.2) is 6.61 Å². The fraction of sp³-hybridized carbons (Fsp3) is 0.261. The van der Waals surface area contributed by atoms with Crippen LogP contribution in [0.2, 0.25) is 0 Å². The summed E-state index contributed by atoms with van der Waals surface area (Å²) in [6.45, 7) is 7.46. The number of nitrogens with one attached hydrogen (secondary N) is 1. The number of carbonyl (C=O) groups excluding carboxylic acids is 2. The maximum atomic E-state index is 12.9. The SMILES string of the molecule is Cc1sc(-n2c(C)ccc2C)c(C(=O)OCC(=O)Nc2ccc(CC#N)cc2)c1C. The lowest BCUT2D eigenvalue weighted by atomic mass is 10.1. The van der Waals surface area contributed by atoms with Crippen LogP contribution in [0.1, 0.15) is 37.7 Å². The minimum atomic E-state index is -0.515. The Labute approximate surface area is 179 Å². The van der Waals surface area contributed by atoms with E-state index in [1.54, 1.807) is 24.3 Å². The van der Waals surface area contributed by atoms with Crippen LogP contribution in [0.25, 0.3) is 5.00 Å². The van der Waals surface area contributed by atoms with E-state index in [1.807, 2.05) is 44.4 Å². The number of nitriles is 1. The fourth-order valence-corrected chi connectivity index (χ4v) is 4.46. The second-order valence-electron chi connectivity index (χ2n) is 7.07. The molecule has 0 aliphatic rings. The van der Waals surface area contributed by atoms with Crippen molar-refractivity contribution in [3.05, 3.63) is 69.4 Å². The normalized spacial score (nSPS) is 10.5. The molecule has 0 unspecified atom stereocenters. The first-order valence-electron chi connectivity index (χ1n) is 9.50. The van der Waals surface area contributed by atoms with Crippen LogP contribution >= 0.6 is 11.3 Å². The Morgan fingerprint density at radius 3 is 2.30 bits per heavy atom. The molecule has 0 spiro atoms. The molecule has 0 saturated heterocycles. The van der Waals surface area contributed by atoms with Crippen LogP contribution in [-0.4, -0.2) is 23.1 Å². The third kappa shape index (κ3) is 4.44. The molecule has 6 nitrogen and oxygen atoms in total. The number of rotatable bonds is 6. The van der Waals surface area contributed by atoms with Crippen LogP contribution in [0.5, 0.6) is 0 Å². The van der Waals surface area contributed by atoms with Crippen LogP contribution in [0.3, 0.4) is 0 Å². The summed E-state index contributed by atoms with van der Waals surface area (Å²) in [4.78, 5) is 26.1. The molecular weight excluding hydrogens is 398 g/mol. The van der Waals surface area contributed by atoms with Crippen molar-refractivity contribution in [1.29, 1.82) is 5.26 Å². The molecule has 2 heterocycles. The van der Waals surface area contributed by atoms with Gasteiger partial charge in [-0.3, -0.25) is 4.79 Å². The van der Waals surface area contributed by atoms with Crippen LogP contribution in [0, 0.1) is 39.0 Å². The zero-order chi connectivity index (χ0) is 21.8. The van der Waals surface area contributed by atoms with Gasteiger partial charge in [0, 0.05) is 22.0 Å². The highest BCUT2D eigenvalue weighted by Gasteiger charge is 2.24. The number of anilines is 1. The number of carbonyl (C=O) groups is 2. The highest BCUT2D eigenvalue weighted by Crippen LogP contribution is 2.33. The molecule has 30 heavy (non-hydrogen) atoms. The van der Waals surface area contributed by atoms with Gasteiger partial charge in [0.25, 0.3) is 5.91 Å². The second-order valence-corrected chi connectivity index (χ2v) is 8.27. The average Bonchev–Trinajstić information content (AvgIpc) is 3.19. The topological polar surface area (TPSA) is 84.1 Å². The van der Waals surface area contributed by atoms with E-state index in [9.17, 15) is 9.59 Å². The first-order valence-corrected chi connectivity index (χ1v) is 10.3. The molecule has 1 amide bonds. The van der Waals surface area contributed by atoms with Gasteiger partial charge in [-0.15, -0.1) is 11.3 Å². The highest BCUT2D eigenvalue weighted by atomic mass is 32.1. The molecule has 7 heteroatoms. The minimum Gasteiger partial charge on any atom is -0.452 e. The monoisotopic (exact) mass is 421 g/mol. The fourth-order valence-electron chi connectivity index (χ4n) is 3.19. The van der Waals surface area contributed by atoms with Crippen molar-refractivity contribution in [3.63, 3.8) is 0 Å². The molecule has 0 atom stereocenters. The number of hydrogen-bond acceptors (Lipinski definition) is 5. The van der Waals surface area contributed by atoms with Crippen molar-refractivity contribution in [1.82, 2.24) is 4.57 Å². The lowest BCUT2D eigenvalue weighted by Crippen LogP contribution is -2.21. The summed E-state index contributed by atoms with van der Waals surface area (Å²) in [6.07, 6.45) is 0.313. The van der Waals surface area contributed by atoms with Gasteiger partial charge in [0.2, 0.25) is 0 Å². The standard InChI is InChI=1S/C23H23N3O3S/c1-14-5-6-15(2)26(14)22-21(16(3)17(4)30-22)23(28)29-13-20(27)25-19-9-7-18(8-10-19)11-12-24/h5-10H,11,13H2,1-4H3,(H,25,27). The Hall–Kier alpha value is -3.37. The number of nitrogens with zero attached hydrogens (tertiary/aromatic N) is 2. The summed E-state index contributed by atoms with van der Waals surface area (Å²) in [5.74, 6) is -0.935. The van der Waals surface area contributed by atoms with Crippen molar-refractivity contribution < 1.29 is 14.3 Å². The maximum absolute atomic E-state index is 12.9. The lowest BCUT2D eigenvalue weighted by molar-refractivity contribution is -0.119. The maximum Gasteiger partial charge on any atom is 0.341 e. The molecule has 0 aliphatic heterocycles. The van der Waals surface area contributed by atoms with Gasteiger partial charge in [0.1, 0.15) is 5.00 Å². The van der Waals surface area contributed by atoms with Crippen molar-refractivity contribution in [3.8, 4) is 11.1 Å². The first kappa shape index (κ1) is 21.3. The van der Waals surface area contributed by atoms with E-state index in [-0.39, 0.29) is 6.61 Å². The summed E-state index contributed by atoms with van der Waals surface area (Å²) in [5, 5.41) is 12.2. The molecule has 154 valence electrons. The highest BCUT2D eigenvalue weighted by molar-refractivity contribution is 7.15. The van der Waals surface area contributed by atoms with Gasteiger partial charge in [-0.2, -0.15) is 5.26 Å². The van der Waals surface area contributed by atoms with E-state index in [0.29, 0.717) is 17.7 Å². The zero-order valence-corrected chi connectivity index (χ0v) is 18.2. The van der Waals surface area contributed by atoms with E-state index in [4.69, 9.17) is 10.00 Å². The van der Waals surface area contributed by atoms with Crippen LogP contribution in [0.4, 0.5) is 5.69 Å². The van der Waals surface area contributed by atoms with Crippen LogP contribution in [-0.2, 0) is 16.0 Å². The Morgan fingerprint density at radius 2 is 1.70 bits per heavy atom. The van der Waals surface area contributed by atoms with Gasteiger partial charge >= 0.3 is 5.97 Å². The number of ether oxygens (including phenoxy) is 1. The lowest BCUT2D eigenvalue weighted by Gasteiger charge is -2.11. The Morgan fingerprint density at radius 1 is 1.07 bits per heavy atom. The molecule has 1 N–H and O–H groups in total. The van der Waals surface area contributed by atoms with E-state index >= 15 is 0 Å². The van der Waals surface area contributed by atoms with Gasteiger partial charge in [-0.1, -0.05) is 12.1 Å². The minimum absolute atomic E-state index is 0.313. The largest absolute Gasteiger partial charge is 0.452 e. The first-order chi connectivity index (χ1) is 14.3. The van der Waals surface area contributed by atoms with Crippen molar-refractivity contribution >= 4 is 28.9 Å². The summed E-state index contributed by atoms with van der Waals surface area (Å²) in [6, 6.07) is 13.1. The summed E-state index contributed by atoms with van der Waals surface area (Å²) >= 11 is 1.54. The predicted molar refractivity (Wildman–Crippen MR) is 117 cm³/mol. The molecule has 2 aromatic heterocycles. The molecule has 0 radical (unpaired) electrons. The Balaban J connectivity index is 1.71. The smallest absolute Gasteiger partial charge is 0.341 e. The molecule has 3 aromatic rings.